The molecule has 4 nitrogen and oxygen atoms in total. The van der Waals surface area contributed by atoms with Gasteiger partial charge in [0.15, 0.2) is 11.6 Å². The fourth-order valence-corrected chi connectivity index (χ4v) is 1.85. The normalized spacial score (nSPS) is 12.2. The Morgan fingerprint density at radius 2 is 2.29 bits per heavy atom. The number of hydrogen-bond donors (Lipinski definition) is 2. The number of hydrogen-bond acceptors (Lipinski definition) is 3. The number of benzene rings is 1. The summed E-state index contributed by atoms with van der Waals surface area (Å²) in [6.45, 7) is 0. The Balaban J connectivity index is 2.90. The average Bonchev–Trinajstić information content (AvgIpc) is 2.29. The van der Waals surface area contributed by atoms with Crippen LogP contribution < -0.4 is 10.5 Å². The molecule has 94 valence electrons. The molecule has 0 spiro atoms. The minimum Gasteiger partial charge on any atom is -0.494 e. The van der Waals surface area contributed by atoms with Gasteiger partial charge in [0.25, 0.3) is 0 Å². The number of carboxylic acid groups (broad SMARTS) is 1. The Bertz CT molecular complexity index is 425. The van der Waals surface area contributed by atoms with E-state index in [0.717, 1.165) is 0 Å². The molecular weight excluding hydrogens is 293 g/mol. The van der Waals surface area contributed by atoms with Crippen molar-refractivity contribution in [1.82, 2.24) is 0 Å². The van der Waals surface area contributed by atoms with E-state index in [1.54, 1.807) is 0 Å². The van der Waals surface area contributed by atoms with Crippen LogP contribution in [0.5, 0.6) is 5.75 Å². The van der Waals surface area contributed by atoms with Crippen molar-refractivity contribution in [3.05, 3.63) is 28.0 Å². The van der Waals surface area contributed by atoms with Crippen LogP contribution in [-0.4, -0.2) is 18.2 Å². The molecule has 0 aliphatic rings. The van der Waals surface area contributed by atoms with Gasteiger partial charge < -0.3 is 15.6 Å². The zero-order valence-corrected chi connectivity index (χ0v) is 10.8. The van der Waals surface area contributed by atoms with Crippen LogP contribution in [-0.2, 0) is 4.79 Å². The first-order valence-corrected chi connectivity index (χ1v) is 5.75. The quantitative estimate of drug-likeness (QED) is 0.876. The topological polar surface area (TPSA) is 72.5 Å². The molecule has 1 aromatic carbocycles. The first-order valence-electron chi connectivity index (χ1n) is 4.96. The lowest BCUT2D eigenvalue weighted by molar-refractivity contribution is -0.137. The highest BCUT2D eigenvalue weighted by molar-refractivity contribution is 9.10. The molecule has 1 atom stereocenters. The van der Waals surface area contributed by atoms with Crippen LogP contribution in [0.1, 0.15) is 24.4 Å². The van der Waals surface area contributed by atoms with Gasteiger partial charge in [-0.2, -0.15) is 0 Å². The lowest BCUT2D eigenvalue weighted by atomic mass is 10.0. The molecule has 0 saturated carbocycles. The highest BCUT2D eigenvalue weighted by atomic mass is 79.9. The second kappa shape index (κ2) is 5.97. The van der Waals surface area contributed by atoms with Gasteiger partial charge in [0, 0.05) is 12.5 Å². The van der Waals surface area contributed by atoms with Gasteiger partial charge in [0.2, 0.25) is 0 Å². The van der Waals surface area contributed by atoms with Crippen LogP contribution >= 0.6 is 15.9 Å². The second-order valence-corrected chi connectivity index (χ2v) is 4.41. The molecule has 0 heterocycles. The third-order valence-electron chi connectivity index (χ3n) is 2.33. The maximum atomic E-state index is 13.5. The van der Waals surface area contributed by atoms with Crippen molar-refractivity contribution in [1.29, 1.82) is 0 Å². The van der Waals surface area contributed by atoms with Crippen LogP contribution in [0.3, 0.4) is 0 Å². The van der Waals surface area contributed by atoms with Crippen molar-refractivity contribution in [3.63, 3.8) is 0 Å². The van der Waals surface area contributed by atoms with Crippen LogP contribution in [0.4, 0.5) is 4.39 Å². The number of carbonyl (C=O) groups is 1. The minimum atomic E-state index is -0.909. The zero-order chi connectivity index (χ0) is 13.0. The van der Waals surface area contributed by atoms with Crippen LogP contribution in [0.15, 0.2) is 16.6 Å². The minimum absolute atomic E-state index is 0.0293. The van der Waals surface area contributed by atoms with E-state index in [2.05, 4.69) is 15.9 Å². The molecule has 0 aliphatic carbocycles. The van der Waals surface area contributed by atoms with E-state index >= 15 is 0 Å². The van der Waals surface area contributed by atoms with E-state index in [1.807, 2.05) is 0 Å². The summed E-state index contributed by atoms with van der Waals surface area (Å²) in [5.74, 6) is -1.32. The fourth-order valence-electron chi connectivity index (χ4n) is 1.39. The number of ether oxygens (including phenoxy) is 1. The van der Waals surface area contributed by atoms with Gasteiger partial charge in [0.1, 0.15) is 0 Å². The molecule has 0 bridgehead atoms. The van der Waals surface area contributed by atoms with Crippen molar-refractivity contribution in [2.24, 2.45) is 5.73 Å². The average molecular weight is 306 g/mol. The van der Waals surface area contributed by atoms with Gasteiger partial charge in [-0.25, -0.2) is 4.39 Å². The zero-order valence-electron chi connectivity index (χ0n) is 9.24. The highest BCUT2D eigenvalue weighted by Gasteiger charge is 2.14. The van der Waals surface area contributed by atoms with Gasteiger partial charge >= 0.3 is 5.97 Å². The maximum Gasteiger partial charge on any atom is 0.303 e. The monoisotopic (exact) mass is 305 g/mol. The van der Waals surface area contributed by atoms with E-state index < -0.39 is 17.8 Å². The molecule has 0 aliphatic heterocycles. The molecule has 17 heavy (non-hydrogen) atoms. The lowest BCUT2D eigenvalue weighted by Gasteiger charge is -2.13. The summed E-state index contributed by atoms with van der Waals surface area (Å²) in [5.41, 5.74) is 6.46. The summed E-state index contributed by atoms with van der Waals surface area (Å²) in [6, 6.07) is 2.55. The van der Waals surface area contributed by atoms with Gasteiger partial charge in [-0.1, -0.05) is 0 Å². The summed E-state index contributed by atoms with van der Waals surface area (Å²) in [6.07, 6.45) is 0.259. The number of rotatable bonds is 5. The second-order valence-electron chi connectivity index (χ2n) is 3.56. The molecular formula is C11H13BrFNO3. The predicted octanol–water partition coefficient (Wildman–Crippen LogP) is 2.46. The Kier molecular flexibility index (Phi) is 4.89. The summed E-state index contributed by atoms with van der Waals surface area (Å²) in [5, 5.41) is 8.56. The molecule has 3 N–H and O–H groups in total. The third kappa shape index (κ3) is 3.67. The predicted molar refractivity (Wildman–Crippen MR) is 64.5 cm³/mol. The summed E-state index contributed by atoms with van der Waals surface area (Å²) in [7, 11) is 1.36. The Morgan fingerprint density at radius 1 is 1.65 bits per heavy atom. The van der Waals surface area contributed by atoms with E-state index in [4.69, 9.17) is 15.6 Å². The molecule has 0 fully saturated rings. The molecule has 1 rings (SSSR count). The Labute approximate surface area is 107 Å². The molecule has 6 heteroatoms. The number of nitrogens with two attached hydrogens (primary N) is 1. The van der Waals surface area contributed by atoms with E-state index in [1.165, 1.54) is 19.2 Å². The Morgan fingerprint density at radius 3 is 2.82 bits per heavy atom. The molecule has 1 aromatic rings. The smallest absolute Gasteiger partial charge is 0.303 e. The van der Waals surface area contributed by atoms with Crippen molar-refractivity contribution >= 4 is 21.9 Å². The van der Waals surface area contributed by atoms with E-state index in [-0.39, 0.29) is 23.1 Å². The molecule has 0 radical (unpaired) electrons. The highest BCUT2D eigenvalue weighted by Crippen LogP contribution is 2.30. The molecule has 0 aromatic heterocycles. The van der Waals surface area contributed by atoms with Crippen molar-refractivity contribution in [2.45, 2.75) is 18.9 Å². The third-order valence-corrected chi connectivity index (χ3v) is 2.91. The van der Waals surface area contributed by atoms with Crippen LogP contribution in [0, 0.1) is 5.82 Å². The molecule has 0 amide bonds. The summed E-state index contributed by atoms with van der Waals surface area (Å²) in [4.78, 5) is 10.4. The fraction of sp³-hybridized carbons (Fsp3) is 0.364. The molecule has 1 unspecified atom stereocenters. The van der Waals surface area contributed by atoms with E-state index in [9.17, 15) is 9.18 Å². The summed E-state index contributed by atoms with van der Waals surface area (Å²) < 4.78 is 18.6. The van der Waals surface area contributed by atoms with Crippen LogP contribution in [0.25, 0.3) is 0 Å². The maximum absolute atomic E-state index is 13.5. The van der Waals surface area contributed by atoms with Gasteiger partial charge in [-0.15, -0.1) is 0 Å². The Hall–Kier alpha value is -1.14. The van der Waals surface area contributed by atoms with Crippen LogP contribution in [0.2, 0.25) is 0 Å². The van der Waals surface area contributed by atoms with Gasteiger partial charge in [-0.05, 0) is 40.0 Å². The summed E-state index contributed by atoms with van der Waals surface area (Å²) >= 11 is 3.06. The SMILES string of the molecule is COc1cc(C(N)CCC(=O)O)cc(Br)c1F. The van der Waals surface area contributed by atoms with Gasteiger partial charge in [-0.3, -0.25) is 4.79 Å². The largest absolute Gasteiger partial charge is 0.494 e. The number of methoxy groups -OCH3 is 1. The first kappa shape index (κ1) is 13.9. The first-order chi connectivity index (χ1) is 7.95. The number of halogens is 2. The van der Waals surface area contributed by atoms with Crippen molar-refractivity contribution in [3.8, 4) is 5.75 Å². The van der Waals surface area contributed by atoms with Gasteiger partial charge in [0.05, 0.1) is 11.6 Å². The van der Waals surface area contributed by atoms with Crippen molar-refractivity contribution < 1.29 is 19.0 Å². The lowest BCUT2D eigenvalue weighted by Crippen LogP contribution is -2.12. The standard InChI is InChI=1S/C11H13BrFNO3/c1-17-9-5-6(4-7(12)11(9)13)8(14)2-3-10(15)16/h4-5,8H,2-3,14H2,1H3,(H,15,16). The number of carboxylic acids is 1. The van der Waals surface area contributed by atoms with E-state index in [0.29, 0.717) is 5.56 Å². The molecule has 0 saturated heterocycles. The number of aliphatic carboxylic acids is 1. The van der Waals surface area contributed by atoms with Crippen molar-refractivity contribution in [2.75, 3.05) is 7.11 Å².